The number of ether oxygens (including phenoxy) is 3. The van der Waals surface area contributed by atoms with Gasteiger partial charge in [0.25, 0.3) is 0 Å². The lowest BCUT2D eigenvalue weighted by Gasteiger charge is -2.31. The molecule has 2 aliphatic heterocycles. The normalized spacial score (nSPS) is 21.4. The number of nitrogens with zero attached hydrogens (tertiary/aromatic N) is 2. The first-order valence-corrected chi connectivity index (χ1v) is 17.2. The molecule has 5 rings (SSSR count). The molecule has 2 fully saturated rings. The van der Waals surface area contributed by atoms with Crippen molar-refractivity contribution >= 4 is 33.2 Å². The number of hydrogen-bond donors (Lipinski definition) is 4. The number of aromatic nitrogens is 1. The van der Waals surface area contributed by atoms with Gasteiger partial charge in [-0.15, -0.1) is 0 Å². The van der Waals surface area contributed by atoms with E-state index >= 15 is 0 Å². The Balaban J connectivity index is 1.37. The van der Waals surface area contributed by atoms with Gasteiger partial charge in [-0.25, -0.2) is 13.2 Å². The van der Waals surface area contributed by atoms with Crippen LogP contribution in [0.5, 0.6) is 5.88 Å². The van der Waals surface area contributed by atoms with Crippen LogP contribution in [-0.4, -0.2) is 97.1 Å². The molecule has 0 saturated carbocycles. The quantitative estimate of drug-likeness (QED) is 0.202. The van der Waals surface area contributed by atoms with Crippen molar-refractivity contribution in [2.45, 2.75) is 76.0 Å². The average Bonchev–Trinajstić information content (AvgIpc) is 3.70. The highest BCUT2D eigenvalue weighted by Gasteiger charge is 2.44. The third-order valence-electron chi connectivity index (χ3n) is 8.20. The number of aliphatic hydroxyl groups excluding tert-OH is 1. The van der Waals surface area contributed by atoms with Crippen LogP contribution < -0.4 is 5.32 Å². The summed E-state index contributed by atoms with van der Waals surface area (Å²) in [6.07, 6.45) is -0.307. The lowest BCUT2D eigenvalue weighted by atomic mass is 10.0. The first-order chi connectivity index (χ1) is 21.9. The number of benzene rings is 2. The Bertz CT molecular complexity index is 1630. The topological polar surface area (TPSA) is 163 Å². The van der Waals surface area contributed by atoms with Crippen LogP contribution in [0.1, 0.15) is 45.2 Å². The molecular formula is C33H44N4O8S. The Morgan fingerprint density at radius 1 is 1.15 bits per heavy atom. The number of H-pyrrole nitrogens is 1. The second-order valence-electron chi connectivity index (χ2n) is 12.7. The predicted octanol–water partition coefficient (Wildman–Crippen LogP) is 3.81. The van der Waals surface area contributed by atoms with Crippen molar-refractivity contribution in [1.29, 1.82) is 0 Å². The van der Waals surface area contributed by atoms with Gasteiger partial charge < -0.3 is 34.7 Å². The van der Waals surface area contributed by atoms with Gasteiger partial charge in [-0.3, -0.25) is 4.99 Å². The van der Waals surface area contributed by atoms with Crippen molar-refractivity contribution in [3.63, 3.8) is 0 Å². The number of aromatic amines is 1. The van der Waals surface area contributed by atoms with Crippen LogP contribution in [0.3, 0.4) is 0 Å². The first kappa shape index (κ1) is 33.9. The summed E-state index contributed by atoms with van der Waals surface area (Å²) >= 11 is 0. The van der Waals surface area contributed by atoms with Gasteiger partial charge in [0.05, 0.1) is 47.3 Å². The Morgan fingerprint density at radius 2 is 1.91 bits per heavy atom. The molecule has 12 nitrogen and oxygen atoms in total. The molecule has 5 atom stereocenters. The monoisotopic (exact) mass is 656 g/mol. The van der Waals surface area contributed by atoms with Crippen LogP contribution in [-0.2, 0) is 30.7 Å². The number of carbonyl (C=O) groups is 1. The summed E-state index contributed by atoms with van der Waals surface area (Å²) in [5.41, 5.74) is 1.77. The molecule has 0 radical (unpaired) electrons. The predicted molar refractivity (Wildman–Crippen MR) is 173 cm³/mol. The summed E-state index contributed by atoms with van der Waals surface area (Å²) in [7, 11) is -4.11. The zero-order valence-corrected chi connectivity index (χ0v) is 27.4. The second-order valence-corrected chi connectivity index (χ2v) is 14.6. The lowest BCUT2D eigenvalue weighted by Crippen LogP contribution is -2.51. The number of alkyl carbamates (subject to hydrolysis) is 1. The van der Waals surface area contributed by atoms with E-state index in [9.17, 15) is 23.4 Å². The van der Waals surface area contributed by atoms with E-state index in [1.807, 2.05) is 58.0 Å². The van der Waals surface area contributed by atoms with Crippen LogP contribution in [0.25, 0.3) is 10.9 Å². The van der Waals surface area contributed by atoms with Crippen molar-refractivity contribution in [2.75, 3.05) is 26.3 Å². The Labute approximate surface area is 269 Å². The minimum Gasteiger partial charge on any atom is -0.494 e. The van der Waals surface area contributed by atoms with E-state index in [2.05, 4.69) is 15.3 Å². The molecule has 13 heteroatoms. The minimum absolute atomic E-state index is 0.00277. The van der Waals surface area contributed by atoms with E-state index in [1.54, 1.807) is 12.3 Å². The zero-order valence-electron chi connectivity index (χ0n) is 26.6. The number of rotatable bonds is 13. The number of aliphatic imine (C=N–C) groups is 1. The molecule has 2 saturated heterocycles. The van der Waals surface area contributed by atoms with E-state index in [4.69, 9.17) is 14.2 Å². The molecule has 0 bridgehead atoms. The van der Waals surface area contributed by atoms with Crippen LogP contribution >= 0.6 is 0 Å². The van der Waals surface area contributed by atoms with Crippen molar-refractivity contribution < 1.29 is 37.6 Å². The standard InChI is InChI=1S/C33H44N4O8S/c1-20(2)17-37(46(41,42)23-10-11-24-26(16-34-21(3)4)31(39)35-27(24)15-23)18-29(38)28(14-22-8-6-5-7-9-22)36-33(40)45-30-19-44-32-25(30)12-13-43-32/h5-11,15-16,20-21,25,28-30,32,35,38-39H,12-14,17-19H2,1-4H3,(H,36,40)/t25-,28+,29-,30+,32+/m1/s1. The summed E-state index contributed by atoms with van der Waals surface area (Å²) in [6, 6.07) is 13.1. The summed E-state index contributed by atoms with van der Waals surface area (Å²) in [4.78, 5) is 20.3. The van der Waals surface area contributed by atoms with Gasteiger partial charge in [-0.05, 0) is 50.3 Å². The fourth-order valence-corrected chi connectivity index (χ4v) is 7.53. The molecule has 4 N–H and O–H groups in total. The fraction of sp³-hybridized carbons (Fsp3) is 0.515. The molecule has 2 aliphatic rings. The number of sulfonamides is 1. The van der Waals surface area contributed by atoms with E-state index in [1.165, 1.54) is 16.4 Å². The third-order valence-corrected chi connectivity index (χ3v) is 10.0. The summed E-state index contributed by atoms with van der Waals surface area (Å²) in [5, 5.41) is 25.5. The molecule has 0 unspecified atom stereocenters. The molecule has 1 aromatic heterocycles. The Morgan fingerprint density at radius 3 is 2.63 bits per heavy atom. The Kier molecular flexibility index (Phi) is 10.7. The minimum atomic E-state index is -4.11. The molecular weight excluding hydrogens is 612 g/mol. The molecule has 250 valence electrons. The number of amides is 1. The van der Waals surface area contributed by atoms with E-state index in [-0.39, 0.29) is 61.1 Å². The fourth-order valence-electron chi connectivity index (χ4n) is 5.88. The number of hydrogen-bond acceptors (Lipinski definition) is 9. The van der Waals surface area contributed by atoms with Crippen molar-refractivity contribution in [3.05, 3.63) is 59.7 Å². The Hall–Kier alpha value is -3.49. The highest BCUT2D eigenvalue weighted by Crippen LogP contribution is 2.33. The highest BCUT2D eigenvalue weighted by atomic mass is 32.2. The van der Waals surface area contributed by atoms with Gasteiger partial charge in [0.15, 0.2) is 12.2 Å². The van der Waals surface area contributed by atoms with Gasteiger partial charge in [0.2, 0.25) is 10.0 Å². The maximum atomic E-state index is 14.1. The number of aromatic hydroxyl groups is 1. The zero-order chi connectivity index (χ0) is 33.0. The van der Waals surface area contributed by atoms with Crippen molar-refractivity contribution in [3.8, 4) is 5.88 Å². The lowest BCUT2D eigenvalue weighted by molar-refractivity contribution is -0.0907. The van der Waals surface area contributed by atoms with Crippen LogP contribution in [0, 0.1) is 11.8 Å². The van der Waals surface area contributed by atoms with Gasteiger partial charge in [0.1, 0.15) is 6.10 Å². The van der Waals surface area contributed by atoms with Crippen LogP contribution in [0.15, 0.2) is 58.4 Å². The van der Waals surface area contributed by atoms with Crippen LogP contribution in [0.2, 0.25) is 0 Å². The average molecular weight is 657 g/mol. The van der Waals surface area contributed by atoms with Gasteiger partial charge in [0, 0.05) is 30.7 Å². The molecule has 2 aromatic carbocycles. The maximum absolute atomic E-state index is 14.1. The molecule has 3 heterocycles. The number of nitrogens with one attached hydrogen (secondary N) is 2. The summed E-state index contributed by atoms with van der Waals surface area (Å²) in [5.74, 6) is -0.216. The molecule has 1 amide bonds. The van der Waals surface area contributed by atoms with Gasteiger partial charge in [-0.2, -0.15) is 4.31 Å². The second kappa shape index (κ2) is 14.5. The largest absolute Gasteiger partial charge is 0.494 e. The third kappa shape index (κ3) is 7.89. The summed E-state index contributed by atoms with van der Waals surface area (Å²) in [6.45, 7) is 8.23. The molecule has 0 spiro atoms. The van der Waals surface area contributed by atoms with E-state index in [0.717, 1.165) is 12.0 Å². The van der Waals surface area contributed by atoms with Gasteiger partial charge in [-0.1, -0.05) is 50.2 Å². The number of carbonyl (C=O) groups excluding carboxylic acids is 1. The number of fused-ring (bicyclic) bond motifs is 2. The van der Waals surface area contributed by atoms with Crippen molar-refractivity contribution in [2.24, 2.45) is 16.8 Å². The van der Waals surface area contributed by atoms with E-state index in [0.29, 0.717) is 23.1 Å². The molecule has 46 heavy (non-hydrogen) atoms. The maximum Gasteiger partial charge on any atom is 0.407 e. The summed E-state index contributed by atoms with van der Waals surface area (Å²) < 4.78 is 46.2. The van der Waals surface area contributed by atoms with Crippen molar-refractivity contribution in [1.82, 2.24) is 14.6 Å². The van der Waals surface area contributed by atoms with Gasteiger partial charge >= 0.3 is 6.09 Å². The van der Waals surface area contributed by atoms with Crippen LogP contribution in [0.4, 0.5) is 4.79 Å². The molecule has 3 aromatic rings. The first-order valence-electron chi connectivity index (χ1n) is 15.7. The molecule has 0 aliphatic carbocycles. The number of aliphatic hydroxyl groups is 1. The highest BCUT2D eigenvalue weighted by molar-refractivity contribution is 7.89. The van der Waals surface area contributed by atoms with E-state index < -0.39 is 34.4 Å². The smallest absolute Gasteiger partial charge is 0.407 e. The SMILES string of the molecule is CC(C)CN(C[C@@H](O)[C@H](Cc1ccccc1)NC(=O)O[C@H]1CO[C@@H]2OCC[C@@H]21)S(=O)(=O)c1ccc2c(C=NC(C)C)c(O)[nH]c2c1.